The summed E-state index contributed by atoms with van der Waals surface area (Å²) in [5, 5.41) is 18.6. The van der Waals surface area contributed by atoms with Gasteiger partial charge in [-0.1, -0.05) is 19.3 Å². The van der Waals surface area contributed by atoms with Crippen LogP contribution in [-0.4, -0.2) is 51.7 Å². The van der Waals surface area contributed by atoms with Crippen molar-refractivity contribution >= 4 is 28.8 Å². The third-order valence-corrected chi connectivity index (χ3v) is 4.81. The molecule has 0 atom stereocenters. The fraction of sp³-hybridized carbons (Fsp3) is 0.450. The van der Waals surface area contributed by atoms with Crippen molar-refractivity contribution in [3.63, 3.8) is 0 Å². The number of aliphatic carboxylic acids is 2. The van der Waals surface area contributed by atoms with E-state index < -0.39 is 17.9 Å². The number of hydrogen-bond donors (Lipinski definition) is 4. The fourth-order valence-corrected chi connectivity index (χ4v) is 3.30. The summed E-state index contributed by atoms with van der Waals surface area (Å²) in [6.45, 7) is 1.47. The van der Waals surface area contributed by atoms with E-state index in [0.29, 0.717) is 28.8 Å². The second kappa shape index (κ2) is 11.1. The summed E-state index contributed by atoms with van der Waals surface area (Å²) in [5.41, 5.74) is 0.714. The van der Waals surface area contributed by atoms with Crippen molar-refractivity contribution < 1.29 is 29.3 Å². The van der Waals surface area contributed by atoms with Crippen molar-refractivity contribution in [1.29, 1.82) is 0 Å². The number of aromatic nitrogens is 2. The average molecular weight is 419 g/mol. The highest BCUT2D eigenvalue weighted by atomic mass is 16.5. The molecule has 1 fully saturated rings. The second-order valence-corrected chi connectivity index (χ2v) is 6.98. The molecule has 0 saturated heterocycles. The molecule has 10 nitrogen and oxygen atoms in total. The Morgan fingerprint density at radius 1 is 1.17 bits per heavy atom. The predicted octanol–water partition coefficient (Wildman–Crippen LogP) is 1.54. The molecule has 2 aromatic rings. The van der Waals surface area contributed by atoms with Crippen molar-refractivity contribution in [2.24, 2.45) is 5.92 Å². The van der Waals surface area contributed by atoms with E-state index in [4.69, 9.17) is 24.5 Å². The zero-order valence-corrected chi connectivity index (χ0v) is 16.6. The molecule has 162 valence electrons. The summed E-state index contributed by atoms with van der Waals surface area (Å²) >= 11 is 0. The summed E-state index contributed by atoms with van der Waals surface area (Å²) < 4.78 is 4.71. The Balaban J connectivity index is 0.000000469. The van der Waals surface area contributed by atoms with Gasteiger partial charge in [0.05, 0.1) is 30.1 Å². The molecule has 1 aliphatic carbocycles. The van der Waals surface area contributed by atoms with Gasteiger partial charge in [-0.3, -0.25) is 4.79 Å². The summed E-state index contributed by atoms with van der Waals surface area (Å²) in [4.78, 5) is 49.3. The van der Waals surface area contributed by atoms with Gasteiger partial charge < -0.3 is 25.3 Å². The third kappa shape index (κ3) is 6.66. The van der Waals surface area contributed by atoms with Gasteiger partial charge in [0.2, 0.25) is 0 Å². The first kappa shape index (κ1) is 23.0. The number of fused-ring (bicyclic) bond motifs is 1. The van der Waals surface area contributed by atoms with Crippen molar-refractivity contribution in [3.8, 4) is 0 Å². The van der Waals surface area contributed by atoms with Gasteiger partial charge in [0.15, 0.2) is 0 Å². The standard InChI is InChI=1S/C18H23N3O3.C2H2O4/c1-24-18(23)13-7-8-14-15(9-13)20-16(21-17(14)22)11-19-10-12-5-3-2-4-6-12;3-1(4)2(5)6/h7-9,12,19H,2-6,10-11H2,1H3,(H,20,21,22);(H,3,4)(H,5,6). The van der Waals surface area contributed by atoms with Gasteiger partial charge in [0.25, 0.3) is 5.56 Å². The molecule has 0 amide bonds. The van der Waals surface area contributed by atoms with Crippen molar-refractivity contribution in [1.82, 2.24) is 15.3 Å². The maximum absolute atomic E-state index is 12.2. The monoisotopic (exact) mass is 419 g/mol. The maximum atomic E-state index is 12.2. The lowest BCUT2D eigenvalue weighted by atomic mass is 9.89. The minimum absolute atomic E-state index is 0.189. The Bertz CT molecular complexity index is 953. The van der Waals surface area contributed by atoms with Gasteiger partial charge in [0, 0.05) is 0 Å². The molecule has 1 heterocycles. The Kier molecular flexibility index (Phi) is 8.48. The summed E-state index contributed by atoms with van der Waals surface area (Å²) in [7, 11) is 1.33. The quantitative estimate of drug-likeness (QED) is 0.416. The zero-order valence-electron chi connectivity index (χ0n) is 16.6. The van der Waals surface area contributed by atoms with Crippen LogP contribution in [0.4, 0.5) is 0 Å². The van der Waals surface area contributed by atoms with Gasteiger partial charge in [-0.05, 0) is 43.5 Å². The lowest BCUT2D eigenvalue weighted by molar-refractivity contribution is -0.159. The number of H-pyrrole nitrogens is 1. The van der Waals surface area contributed by atoms with E-state index in [9.17, 15) is 9.59 Å². The minimum Gasteiger partial charge on any atom is -0.473 e. The average Bonchev–Trinajstić information content (AvgIpc) is 2.74. The SMILES string of the molecule is COC(=O)c1ccc2c(=O)[nH]c(CNCC3CCCCC3)nc2c1.O=C(O)C(=O)O. The number of carbonyl (C=O) groups is 3. The highest BCUT2D eigenvalue weighted by Gasteiger charge is 2.13. The van der Waals surface area contributed by atoms with Crippen LogP contribution in [-0.2, 0) is 20.9 Å². The number of methoxy groups -OCH3 is 1. The summed E-state index contributed by atoms with van der Waals surface area (Å²) in [5.74, 6) is -2.77. The highest BCUT2D eigenvalue weighted by molar-refractivity contribution is 6.27. The van der Waals surface area contributed by atoms with Crippen LogP contribution in [0.3, 0.4) is 0 Å². The molecule has 1 aliphatic rings. The van der Waals surface area contributed by atoms with Gasteiger partial charge in [-0.15, -0.1) is 0 Å². The Hall–Kier alpha value is -3.27. The van der Waals surface area contributed by atoms with Crippen LogP contribution in [0.25, 0.3) is 10.9 Å². The van der Waals surface area contributed by atoms with Crippen LogP contribution in [0, 0.1) is 5.92 Å². The Morgan fingerprint density at radius 2 is 1.83 bits per heavy atom. The van der Waals surface area contributed by atoms with Crippen LogP contribution in [0.5, 0.6) is 0 Å². The number of rotatable bonds is 5. The number of benzene rings is 1. The largest absolute Gasteiger partial charge is 0.473 e. The first-order chi connectivity index (χ1) is 14.3. The molecule has 0 radical (unpaired) electrons. The van der Waals surface area contributed by atoms with E-state index in [1.54, 1.807) is 18.2 Å². The van der Waals surface area contributed by atoms with E-state index in [-0.39, 0.29) is 5.56 Å². The second-order valence-electron chi connectivity index (χ2n) is 6.98. The van der Waals surface area contributed by atoms with Crippen LogP contribution in [0.2, 0.25) is 0 Å². The molecule has 4 N–H and O–H groups in total. The van der Waals surface area contributed by atoms with Crippen LogP contribution >= 0.6 is 0 Å². The van der Waals surface area contributed by atoms with E-state index in [1.165, 1.54) is 39.2 Å². The molecular formula is C20H25N3O7. The molecule has 0 bridgehead atoms. The molecule has 1 aromatic carbocycles. The number of carbonyl (C=O) groups excluding carboxylic acids is 1. The van der Waals surface area contributed by atoms with Crippen molar-refractivity contribution in [2.75, 3.05) is 13.7 Å². The van der Waals surface area contributed by atoms with Crippen molar-refractivity contribution in [3.05, 3.63) is 39.9 Å². The van der Waals surface area contributed by atoms with E-state index >= 15 is 0 Å². The normalized spacial score (nSPS) is 13.9. The molecule has 0 aliphatic heterocycles. The predicted molar refractivity (Wildman–Crippen MR) is 107 cm³/mol. The van der Waals surface area contributed by atoms with Crippen molar-refractivity contribution in [2.45, 2.75) is 38.6 Å². The number of ether oxygens (including phenoxy) is 1. The van der Waals surface area contributed by atoms with Gasteiger partial charge in [-0.2, -0.15) is 0 Å². The molecule has 0 unspecified atom stereocenters. The number of nitrogens with one attached hydrogen (secondary N) is 2. The smallest absolute Gasteiger partial charge is 0.414 e. The Morgan fingerprint density at radius 3 is 2.43 bits per heavy atom. The first-order valence-corrected chi connectivity index (χ1v) is 9.60. The number of esters is 1. The summed E-state index contributed by atoms with van der Waals surface area (Å²) in [6, 6.07) is 4.78. The number of hydrogen-bond acceptors (Lipinski definition) is 7. The summed E-state index contributed by atoms with van der Waals surface area (Å²) in [6.07, 6.45) is 6.52. The number of aromatic amines is 1. The number of carboxylic acid groups (broad SMARTS) is 2. The van der Waals surface area contributed by atoms with E-state index in [0.717, 1.165) is 12.5 Å². The molecule has 1 saturated carbocycles. The van der Waals surface area contributed by atoms with Gasteiger partial charge >= 0.3 is 17.9 Å². The maximum Gasteiger partial charge on any atom is 0.414 e. The van der Waals surface area contributed by atoms with Crippen LogP contribution < -0.4 is 10.9 Å². The molecule has 0 spiro atoms. The Labute approximate surface area is 172 Å². The van der Waals surface area contributed by atoms with Gasteiger partial charge in [0.1, 0.15) is 5.82 Å². The van der Waals surface area contributed by atoms with Crippen LogP contribution in [0.1, 0.15) is 48.3 Å². The number of carboxylic acids is 2. The molecular weight excluding hydrogens is 394 g/mol. The molecule has 3 rings (SSSR count). The van der Waals surface area contributed by atoms with Gasteiger partial charge in [-0.25, -0.2) is 19.4 Å². The molecule has 1 aromatic heterocycles. The zero-order chi connectivity index (χ0) is 22.1. The minimum atomic E-state index is -1.82. The molecule has 10 heteroatoms. The number of nitrogens with zero attached hydrogens (tertiary/aromatic N) is 1. The topological polar surface area (TPSA) is 159 Å². The third-order valence-electron chi connectivity index (χ3n) is 4.81. The highest BCUT2D eigenvalue weighted by Crippen LogP contribution is 2.22. The van der Waals surface area contributed by atoms with E-state index in [1.807, 2.05) is 0 Å². The van der Waals surface area contributed by atoms with E-state index in [2.05, 4.69) is 15.3 Å². The van der Waals surface area contributed by atoms with Crippen LogP contribution in [0.15, 0.2) is 23.0 Å². The lowest BCUT2D eigenvalue weighted by Crippen LogP contribution is -2.26. The molecule has 30 heavy (non-hydrogen) atoms. The lowest BCUT2D eigenvalue weighted by Gasteiger charge is -2.21. The first-order valence-electron chi connectivity index (χ1n) is 9.60. The fourth-order valence-electron chi connectivity index (χ4n) is 3.30.